The molecule has 0 aliphatic carbocycles. The number of hydrogen-bond acceptors (Lipinski definition) is 4. The summed E-state index contributed by atoms with van der Waals surface area (Å²) in [6, 6.07) is 5.66. The third-order valence-electron chi connectivity index (χ3n) is 2.12. The largest absolute Gasteiger partial charge is 0.452 e. The van der Waals surface area contributed by atoms with Gasteiger partial charge in [-0.2, -0.15) is 0 Å². The molecule has 0 saturated heterocycles. The predicted octanol–water partition coefficient (Wildman–Crippen LogP) is 2.69. The molecule has 1 atom stereocenters. The fourth-order valence-corrected chi connectivity index (χ4v) is 1.88. The molecule has 92 valence electrons. The molecular weight excluding hydrogens is 263 g/mol. The molecule has 1 aliphatic heterocycles. The summed E-state index contributed by atoms with van der Waals surface area (Å²) in [5.74, 6) is 0.418. The molecule has 1 aromatic rings. The molecule has 0 saturated carbocycles. The van der Waals surface area contributed by atoms with Gasteiger partial charge in [-0.25, -0.2) is 4.99 Å². The lowest BCUT2D eigenvalue weighted by Gasteiger charge is -2.17. The van der Waals surface area contributed by atoms with Crippen LogP contribution in [0.25, 0.3) is 0 Å². The lowest BCUT2D eigenvalue weighted by Crippen LogP contribution is -2.28. The normalized spacial score (nSPS) is 16.1. The van der Waals surface area contributed by atoms with Gasteiger partial charge in [-0.15, -0.1) is 0 Å². The number of benzene rings is 1. The van der Waals surface area contributed by atoms with E-state index >= 15 is 0 Å². The summed E-state index contributed by atoms with van der Waals surface area (Å²) in [6.07, 6.45) is -0.517. The Hall–Kier alpha value is -1.13. The summed E-state index contributed by atoms with van der Waals surface area (Å²) in [5.41, 5.74) is 0. The smallest absolute Gasteiger partial charge is 0.287 e. The second kappa shape index (κ2) is 5.47. The highest BCUT2D eigenvalue weighted by atomic mass is 35.5. The number of nitrogens with zero attached hydrogens (tertiary/aromatic N) is 1. The minimum Gasteiger partial charge on any atom is -0.452 e. The van der Waals surface area contributed by atoms with Crippen LogP contribution in [0.2, 0.25) is 10.0 Å². The Labute approximate surface area is 110 Å². The van der Waals surface area contributed by atoms with Crippen LogP contribution < -0.4 is 10.1 Å². The van der Waals surface area contributed by atoms with Crippen molar-refractivity contribution in [1.82, 2.24) is 5.32 Å². The Morgan fingerprint density at radius 3 is 2.59 bits per heavy atom. The summed E-state index contributed by atoms with van der Waals surface area (Å²) in [6.45, 7) is 3.26. The Bertz CT molecular complexity index is 417. The second-order valence-electron chi connectivity index (χ2n) is 3.47. The van der Waals surface area contributed by atoms with Crippen molar-refractivity contribution in [1.29, 1.82) is 0 Å². The van der Waals surface area contributed by atoms with E-state index in [0.717, 1.165) is 13.1 Å². The molecule has 0 radical (unpaired) electrons. The van der Waals surface area contributed by atoms with E-state index in [1.807, 2.05) is 0 Å². The third-order valence-corrected chi connectivity index (χ3v) is 2.72. The van der Waals surface area contributed by atoms with Crippen molar-refractivity contribution in [3.05, 3.63) is 28.2 Å². The first-order valence-corrected chi connectivity index (χ1v) is 5.98. The van der Waals surface area contributed by atoms with Crippen LogP contribution in [0.15, 0.2) is 23.2 Å². The van der Waals surface area contributed by atoms with Gasteiger partial charge in [-0.05, 0) is 12.1 Å². The van der Waals surface area contributed by atoms with E-state index in [1.54, 1.807) is 25.1 Å². The summed E-state index contributed by atoms with van der Waals surface area (Å²) in [4.78, 5) is 4.10. The van der Waals surface area contributed by atoms with Crippen molar-refractivity contribution in [2.24, 2.45) is 4.99 Å². The van der Waals surface area contributed by atoms with Gasteiger partial charge in [0.2, 0.25) is 6.29 Å². The molecule has 0 fully saturated rings. The summed E-state index contributed by atoms with van der Waals surface area (Å²) < 4.78 is 11.0. The van der Waals surface area contributed by atoms with Crippen molar-refractivity contribution >= 4 is 29.2 Å². The van der Waals surface area contributed by atoms with Gasteiger partial charge in [0, 0.05) is 13.5 Å². The first-order chi connectivity index (χ1) is 8.16. The van der Waals surface area contributed by atoms with Crippen LogP contribution in [0.1, 0.15) is 6.92 Å². The van der Waals surface area contributed by atoms with Gasteiger partial charge in [0.05, 0.1) is 16.6 Å². The van der Waals surface area contributed by atoms with Crippen molar-refractivity contribution in [2.75, 3.05) is 13.1 Å². The van der Waals surface area contributed by atoms with Crippen LogP contribution in [0, 0.1) is 0 Å². The van der Waals surface area contributed by atoms with E-state index in [4.69, 9.17) is 32.7 Å². The standard InChI is InChI=1S/C11H12Cl2N2O2/c1-7(17-11-14-5-6-15-11)16-10-8(12)3-2-4-9(10)13/h2-4,7H,5-6H2,1H3,(H,14,15). The summed E-state index contributed by atoms with van der Waals surface area (Å²) in [5, 5.41) is 3.89. The van der Waals surface area contributed by atoms with Crippen molar-refractivity contribution in [3.8, 4) is 5.75 Å². The topological polar surface area (TPSA) is 42.8 Å². The van der Waals surface area contributed by atoms with Gasteiger partial charge in [0.25, 0.3) is 6.02 Å². The second-order valence-corrected chi connectivity index (χ2v) is 4.28. The molecular formula is C11H12Cl2N2O2. The molecule has 0 bridgehead atoms. The van der Waals surface area contributed by atoms with Gasteiger partial charge >= 0.3 is 0 Å². The zero-order chi connectivity index (χ0) is 12.3. The monoisotopic (exact) mass is 274 g/mol. The zero-order valence-electron chi connectivity index (χ0n) is 9.24. The first-order valence-electron chi connectivity index (χ1n) is 5.22. The van der Waals surface area contributed by atoms with E-state index < -0.39 is 6.29 Å². The molecule has 2 rings (SSSR count). The molecule has 17 heavy (non-hydrogen) atoms. The molecule has 0 amide bonds. The maximum Gasteiger partial charge on any atom is 0.287 e. The highest BCUT2D eigenvalue weighted by Crippen LogP contribution is 2.33. The van der Waals surface area contributed by atoms with Gasteiger partial charge < -0.3 is 14.8 Å². The van der Waals surface area contributed by atoms with E-state index in [9.17, 15) is 0 Å². The zero-order valence-corrected chi connectivity index (χ0v) is 10.8. The molecule has 0 aromatic heterocycles. The molecule has 6 heteroatoms. The van der Waals surface area contributed by atoms with E-state index in [1.165, 1.54) is 0 Å². The number of nitrogens with one attached hydrogen (secondary N) is 1. The van der Waals surface area contributed by atoms with Gasteiger partial charge in [0.15, 0.2) is 5.75 Å². The fourth-order valence-electron chi connectivity index (χ4n) is 1.40. The summed E-state index contributed by atoms with van der Waals surface area (Å²) in [7, 11) is 0. The minimum absolute atomic E-state index is 0.418. The SMILES string of the molecule is CC(OC1=NCCN1)Oc1c(Cl)cccc1Cl. The lowest BCUT2D eigenvalue weighted by molar-refractivity contribution is 0.00892. The number of para-hydroxylation sites is 1. The quantitative estimate of drug-likeness (QED) is 0.862. The highest BCUT2D eigenvalue weighted by Gasteiger charge is 2.15. The number of aliphatic imine (C=N–C) groups is 1. The van der Waals surface area contributed by atoms with Crippen LogP contribution in [0.5, 0.6) is 5.75 Å². The fraction of sp³-hybridized carbons (Fsp3) is 0.364. The third kappa shape index (κ3) is 3.17. The van der Waals surface area contributed by atoms with Crippen LogP contribution >= 0.6 is 23.2 Å². The molecule has 1 aromatic carbocycles. The Balaban J connectivity index is 2.00. The minimum atomic E-state index is -0.517. The van der Waals surface area contributed by atoms with Crippen LogP contribution in [-0.4, -0.2) is 25.4 Å². The molecule has 1 unspecified atom stereocenters. The Morgan fingerprint density at radius 2 is 2.00 bits per heavy atom. The van der Waals surface area contributed by atoms with Gasteiger partial charge in [-0.1, -0.05) is 29.3 Å². The molecule has 1 heterocycles. The predicted molar refractivity (Wildman–Crippen MR) is 67.9 cm³/mol. The average Bonchev–Trinajstić information content (AvgIpc) is 2.76. The number of ether oxygens (including phenoxy) is 2. The van der Waals surface area contributed by atoms with Crippen LogP contribution in [-0.2, 0) is 4.74 Å². The lowest BCUT2D eigenvalue weighted by atomic mass is 10.3. The van der Waals surface area contributed by atoms with Crippen LogP contribution in [0.4, 0.5) is 0 Å². The van der Waals surface area contributed by atoms with Gasteiger partial charge in [-0.3, -0.25) is 0 Å². The summed E-state index contributed by atoms with van der Waals surface area (Å²) >= 11 is 12.0. The van der Waals surface area contributed by atoms with Crippen molar-refractivity contribution in [3.63, 3.8) is 0 Å². The van der Waals surface area contributed by atoms with Crippen molar-refractivity contribution < 1.29 is 9.47 Å². The maximum atomic E-state index is 5.98. The van der Waals surface area contributed by atoms with E-state index in [0.29, 0.717) is 21.8 Å². The highest BCUT2D eigenvalue weighted by molar-refractivity contribution is 6.37. The van der Waals surface area contributed by atoms with Crippen molar-refractivity contribution in [2.45, 2.75) is 13.2 Å². The molecule has 1 N–H and O–H groups in total. The molecule has 4 nitrogen and oxygen atoms in total. The van der Waals surface area contributed by atoms with E-state index in [-0.39, 0.29) is 0 Å². The Morgan fingerprint density at radius 1 is 1.29 bits per heavy atom. The van der Waals surface area contributed by atoms with Crippen LogP contribution in [0.3, 0.4) is 0 Å². The molecule has 1 aliphatic rings. The molecule has 0 spiro atoms. The first kappa shape index (κ1) is 12.3. The average molecular weight is 275 g/mol. The number of hydrogen-bond donors (Lipinski definition) is 1. The Kier molecular flexibility index (Phi) is 3.97. The number of halogens is 2. The number of amidine groups is 1. The van der Waals surface area contributed by atoms with E-state index in [2.05, 4.69) is 10.3 Å². The number of rotatable bonds is 3. The maximum absolute atomic E-state index is 5.98. The van der Waals surface area contributed by atoms with Gasteiger partial charge in [0.1, 0.15) is 0 Å².